The minimum Gasteiger partial charge on any atom is -0.312 e. The SMILES string of the molecule is CCCCC(CC)C(=NC1CCCCCC1)NN. The Labute approximate surface area is 113 Å². The number of nitrogens with zero attached hydrogens (tertiary/aromatic N) is 1. The van der Waals surface area contributed by atoms with Crippen LogP contribution in [0.4, 0.5) is 0 Å². The Bertz CT molecular complexity index is 230. The molecular weight excluding hydrogens is 222 g/mol. The predicted octanol–water partition coefficient (Wildman–Crippen LogP) is 3.79. The minimum atomic E-state index is 0.509. The lowest BCUT2D eigenvalue weighted by Crippen LogP contribution is -2.37. The van der Waals surface area contributed by atoms with Crippen molar-refractivity contribution in [1.29, 1.82) is 0 Å². The van der Waals surface area contributed by atoms with Crippen LogP contribution in [0, 0.1) is 5.92 Å². The summed E-state index contributed by atoms with van der Waals surface area (Å²) < 4.78 is 0. The average molecular weight is 253 g/mol. The van der Waals surface area contributed by atoms with Gasteiger partial charge in [0.1, 0.15) is 5.84 Å². The number of amidine groups is 1. The first-order chi connectivity index (χ1) is 8.81. The summed E-state index contributed by atoms with van der Waals surface area (Å²) in [6.45, 7) is 4.48. The number of hydrogen-bond donors (Lipinski definition) is 2. The Morgan fingerprint density at radius 2 is 1.89 bits per heavy atom. The Morgan fingerprint density at radius 1 is 1.22 bits per heavy atom. The van der Waals surface area contributed by atoms with E-state index in [0.717, 1.165) is 12.3 Å². The highest BCUT2D eigenvalue weighted by Crippen LogP contribution is 2.21. The summed E-state index contributed by atoms with van der Waals surface area (Å²) in [5.41, 5.74) is 2.88. The molecule has 0 radical (unpaired) electrons. The van der Waals surface area contributed by atoms with E-state index in [-0.39, 0.29) is 0 Å². The van der Waals surface area contributed by atoms with Crippen LogP contribution in [0.1, 0.15) is 78.1 Å². The molecule has 3 heteroatoms. The van der Waals surface area contributed by atoms with E-state index in [4.69, 9.17) is 10.8 Å². The number of unbranched alkanes of at least 4 members (excludes halogenated alkanes) is 1. The van der Waals surface area contributed by atoms with Crippen LogP contribution in [0.15, 0.2) is 4.99 Å². The largest absolute Gasteiger partial charge is 0.312 e. The first kappa shape index (κ1) is 15.5. The maximum Gasteiger partial charge on any atom is 0.114 e. The van der Waals surface area contributed by atoms with Gasteiger partial charge in [0.15, 0.2) is 0 Å². The van der Waals surface area contributed by atoms with E-state index < -0.39 is 0 Å². The quantitative estimate of drug-likeness (QED) is 0.249. The second-order valence-electron chi connectivity index (χ2n) is 5.55. The van der Waals surface area contributed by atoms with Gasteiger partial charge in [0.2, 0.25) is 0 Å². The number of nitrogens with two attached hydrogens (primary N) is 1. The summed E-state index contributed by atoms with van der Waals surface area (Å²) in [4.78, 5) is 4.92. The van der Waals surface area contributed by atoms with Crippen molar-refractivity contribution >= 4 is 5.84 Å². The Hall–Kier alpha value is -0.570. The molecule has 0 heterocycles. The molecule has 3 N–H and O–H groups in total. The molecule has 0 saturated heterocycles. The van der Waals surface area contributed by atoms with Gasteiger partial charge in [-0.05, 0) is 25.7 Å². The Morgan fingerprint density at radius 3 is 2.39 bits per heavy atom. The van der Waals surface area contributed by atoms with Gasteiger partial charge in [0.05, 0.1) is 6.04 Å². The predicted molar refractivity (Wildman–Crippen MR) is 79.6 cm³/mol. The maximum absolute atomic E-state index is 5.70. The van der Waals surface area contributed by atoms with E-state index in [9.17, 15) is 0 Å². The van der Waals surface area contributed by atoms with E-state index >= 15 is 0 Å². The maximum atomic E-state index is 5.70. The van der Waals surface area contributed by atoms with E-state index in [2.05, 4.69) is 19.3 Å². The molecule has 3 nitrogen and oxygen atoms in total. The van der Waals surface area contributed by atoms with E-state index in [0.29, 0.717) is 12.0 Å². The molecule has 106 valence electrons. The molecule has 0 amide bonds. The molecule has 1 atom stereocenters. The van der Waals surface area contributed by atoms with Gasteiger partial charge in [-0.3, -0.25) is 4.99 Å². The van der Waals surface area contributed by atoms with Gasteiger partial charge >= 0.3 is 0 Å². The molecule has 0 aliphatic heterocycles. The number of rotatable bonds is 6. The van der Waals surface area contributed by atoms with Crippen LogP contribution in [-0.2, 0) is 0 Å². The first-order valence-corrected chi connectivity index (χ1v) is 7.86. The van der Waals surface area contributed by atoms with Crippen molar-refractivity contribution in [3.63, 3.8) is 0 Å². The van der Waals surface area contributed by atoms with Crippen molar-refractivity contribution < 1.29 is 0 Å². The van der Waals surface area contributed by atoms with Crippen LogP contribution in [0.5, 0.6) is 0 Å². The van der Waals surface area contributed by atoms with Crippen molar-refractivity contribution in [1.82, 2.24) is 5.43 Å². The van der Waals surface area contributed by atoms with Crippen LogP contribution in [0.2, 0.25) is 0 Å². The fourth-order valence-electron chi connectivity index (χ4n) is 2.83. The fraction of sp³-hybridized carbons (Fsp3) is 0.933. The van der Waals surface area contributed by atoms with Crippen molar-refractivity contribution in [2.45, 2.75) is 84.1 Å². The Balaban J connectivity index is 2.59. The number of aliphatic imine (C=N–C) groups is 1. The molecule has 0 aromatic carbocycles. The molecule has 0 spiro atoms. The van der Waals surface area contributed by atoms with Gasteiger partial charge in [0, 0.05) is 5.92 Å². The smallest absolute Gasteiger partial charge is 0.114 e. The monoisotopic (exact) mass is 253 g/mol. The third-order valence-corrected chi connectivity index (χ3v) is 4.08. The lowest BCUT2D eigenvalue weighted by Gasteiger charge is -2.19. The molecule has 0 aromatic rings. The van der Waals surface area contributed by atoms with Crippen LogP contribution in [0.25, 0.3) is 0 Å². The van der Waals surface area contributed by atoms with Gasteiger partial charge in [-0.25, -0.2) is 5.84 Å². The fourth-order valence-corrected chi connectivity index (χ4v) is 2.83. The van der Waals surface area contributed by atoms with Crippen LogP contribution in [0.3, 0.4) is 0 Å². The molecule has 18 heavy (non-hydrogen) atoms. The second-order valence-corrected chi connectivity index (χ2v) is 5.55. The number of hydrazine groups is 1. The molecule has 1 aliphatic rings. The zero-order valence-electron chi connectivity index (χ0n) is 12.3. The molecule has 1 rings (SSSR count). The van der Waals surface area contributed by atoms with E-state index in [1.807, 2.05) is 0 Å². The van der Waals surface area contributed by atoms with Gasteiger partial charge in [0.25, 0.3) is 0 Å². The standard InChI is InChI=1S/C15H31N3/c1-3-5-10-13(4-2)15(18-16)17-14-11-8-6-7-9-12-14/h13-14H,3-12,16H2,1-2H3,(H,17,18). The molecule has 1 unspecified atom stereocenters. The molecule has 1 saturated carbocycles. The molecule has 1 aliphatic carbocycles. The Kier molecular flexibility index (Phi) is 8.06. The van der Waals surface area contributed by atoms with Crippen molar-refractivity contribution in [3.05, 3.63) is 0 Å². The van der Waals surface area contributed by atoms with Crippen molar-refractivity contribution in [2.24, 2.45) is 16.8 Å². The third kappa shape index (κ3) is 5.38. The summed E-state index contributed by atoms with van der Waals surface area (Å²) in [7, 11) is 0. The first-order valence-electron chi connectivity index (χ1n) is 7.86. The summed E-state index contributed by atoms with van der Waals surface area (Å²) in [6.07, 6.45) is 12.8. The highest BCUT2D eigenvalue weighted by atomic mass is 15.3. The third-order valence-electron chi connectivity index (χ3n) is 4.08. The molecule has 0 aromatic heterocycles. The van der Waals surface area contributed by atoms with Gasteiger partial charge in [-0.2, -0.15) is 0 Å². The van der Waals surface area contributed by atoms with E-state index in [1.165, 1.54) is 57.8 Å². The van der Waals surface area contributed by atoms with E-state index in [1.54, 1.807) is 0 Å². The normalized spacial score (nSPS) is 20.5. The van der Waals surface area contributed by atoms with Crippen LogP contribution in [-0.4, -0.2) is 11.9 Å². The highest BCUT2D eigenvalue weighted by molar-refractivity contribution is 5.84. The van der Waals surface area contributed by atoms with Crippen molar-refractivity contribution in [3.8, 4) is 0 Å². The highest BCUT2D eigenvalue weighted by Gasteiger charge is 2.16. The summed E-state index contributed by atoms with van der Waals surface area (Å²) in [5.74, 6) is 7.28. The zero-order chi connectivity index (χ0) is 13.2. The second kappa shape index (κ2) is 9.37. The van der Waals surface area contributed by atoms with Crippen LogP contribution < -0.4 is 11.3 Å². The zero-order valence-corrected chi connectivity index (χ0v) is 12.3. The number of nitrogens with one attached hydrogen (secondary N) is 1. The lowest BCUT2D eigenvalue weighted by molar-refractivity contribution is 0.532. The summed E-state index contributed by atoms with van der Waals surface area (Å²) >= 11 is 0. The average Bonchev–Trinajstić information content (AvgIpc) is 2.66. The molecule has 0 bridgehead atoms. The van der Waals surface area contributed by atoms with Gasteiger partial charge < -0.3 is 5.43 Å². The summed E-state index contributed by atoms with van der Waals surface area (Å²) in [5, 5.41) is 0. The lowest BCUT2D eigenvalue weighted by atomic mass is 9.97. The van der Waals surface area contributed by atoms with Crippen LogP contribution >= 0.6 is 0 Å². The van der Waals surface area contributed by atoms with Gasteiger partial charge in [-0.1, -0.05) is 52.4 Å². The molecule has 1 fully saturated rings. The summed E-state index contributed by atoms with van der Waals surface area (Å²) in [6, 6.07) is 0.509. The number of hydrogen-bond acceptors (Lipinski definition) is 2. The van der Waals surface area contributed by atoms with Crippen molar-refractivity contribution in [2.75, 3.05) is 0 Å². The minimum absolute atomic E-state index is 0.509. The van der Waals surface area contributed by atoms with Gasteiger partial charge in [-0.15, -0.1) is 0 Å². The topological polar surface area (TPSA) is 50.4 Å². The molecular formula is C15H31N3.